The fraction of sp³-hybridized carbons (Fsp3) is 0.130. The number of ether oxygens (including phenoxy) is 1. The van der Waals surface area contributed by atoms with Gasteiger partial charge in [-0.05, 0) is 326 Å². The number of hydrogen-bond acceptors (Lipinski definition) is 6. The van der Waals surface area contributed by atoms with E-state index in [0.717, 1.165) is 70.4 Å². The Bertz CT molecular complexity index is 6920. The third-order valence-corrected chi connectivity index (χ3v) is 24.2. The highest BCUT2D eigenvalue weighted by atomic mass is 16.5. The normalized spacial score (nSPS) is 11.2. The predicted molar refractivity (Wildman–Crippen MR) is 511 cm³/mol. The van der Waals surface area contributed by atoms with Crippen LogP contribution in [0, 0.1) is 62.3 Å². The van der Waals surface area contributed by atoms with Crippen molar-refractivity contribution in [3.05, 3.63) is 439 Å². The van der Waals surface area contributed by atoms with Gasteiger partial charge < -0.3 is 30.3 Å². The van der Waals surface area contributed by atoms with E-state index >= 15 is 0 Å². The molecule has 0 bridgehead atoms. The summed E-state index contributed by atoms with van der Waals surface area (Å²) in [4.78, 5) is 0. The molecule has 20 aromatic rings. The zero-order valence-electron chi connectivity index (χ0n) is 70.4. The molecule has 0 amide bonds. The van der Waals surface area contributed by atoms with Gasteiger partial charge in [-0.3, -0.25) is 0 Å². The highest BCUT2D eigenvalue weighted by Gasteiger charge is 2.19. The lowest BCUT2D eigenvalue weighted by Gasteiger charge is -2.14. The monoisotopic (exact) mass is 1580 g/mol. The van der Waals surface area contributed by atoms with Gasteiger partial charge in [-0.1, -0.05) is 297 Å². The quantitative estimate of drug-likeness (QED) is 0.0826. The van der Waals surface area contributed by atoms with E-state index < -0.39 is 0 Å². The van der Waals surface area contributed by atoms with E-state index in [-0.39, 0.29) is 11.5 Å². The zero-order valence-corrected chi connectivity index (χ0v) is 70.4. The number of aryl methyl sites for hydroxylation is 8. The molecular formula is C115H100O6. The van der Waals surface area contributed by atoms with Gasteiger partial charge in [0.25, 0.3) is 0 Å². The van der Waals surface area contributed by atoms with Crippen LogP contribution >= 0.6 is 0 Å². The summed E-state index contributed by atoms with van der Waals surface area (Å²) in [6.07, 6.45) is 4.01. The lowest BCUT2D eigenvalue weighted by atomic mass is 9.90. The highest BCUT2D eigenvalue weighted by molar-refractivity contribution is 6.07. The van der Waals surface area contributed by atoms with Crippen molar-refractivity contribution in [2.75, 3.05) is 7.11 Å². The number of fused-ring (bicyclic) bond motifs is 10. The fourth-order valence-corrected chi connectivity index (χ4v) is 18.2. The topological polar surface area (TPSA) is 110 Å². The Kier molecular flexibility index (Phi) is 23.4. The molecule has 0 radical (unpaired) electrons. The molecule has 20 rings (SSSR count). The summed E-state index contributed by atoms with van der Waals surface area (Å²) in [7, 11) is 1.74. The molecule has 0 aliphatic carbocycles. The molecule has 6 nitrogen and oxygen atoms in total. The Morgan fingerprint density at radius 3 is 0.793 bits per heavy atom. The van der Waals surface area contributed by atoms with Gasteiger partial charge in [0, 0.05) is 18.4 Å². The van der Waals surface area contributed by atoms with E-state index in [4.69, 9.17) is 4.74 Å². The first-order valence-corrected chi connectivity index (χ1v) is 41.7. The molecule has 596 valence electrons. The van der Waals surface area contributed by atoms with Gasteiger partial charge in [-0.25, -0.2) is 0 Å². The number of benzene rings is 20. The molecule has 6 heteroatoms. The van der Waals surface area contributed by atoms with Crippen molar-refractivity contribution in [3.63, 3.8) is 0 Å². The summed E-state index contributed by atoms with van der Waals surface area (Å²) < 4.78 is 5.52. The molecule has 0 atom stereocenters. The van der Waals surface area contributed by atoms with Gasteiger partial charge in [0.05, 0.1) is 7.11 Å². The Morgan fingerprint density at radius 1 is 0.207 bits per heavy atom. The molecule has 0 heterocycles. The van der Waals surface area contributed by atoms with Crippen molar-refractivity contribution in [1.29, 1.82) is 0 Å². The number of rotatable bonds is 11. The molecule has 0 aliphatic heterocycles. The molecule has 0 fully saturated rings. The number of phenolic OH excluding ortho intramolecular Hbond substituents is 5. The average molecular weight is 1580 g/mol. The second-order valence-electron chi connectivity index (χ2n) is 32.6. The summed E-state index contributed by atoms with van der Waals surface area (Å²) >= 11 is 0. The molecule has 0 unspecified atom stereocenters. The molecule has 20 aromatic carbocycles. The van der Waals surface area contributed by atoms with Crippen LogP contribution in [-0.4, -0.2) is 32.6 Å². The van der Waals surface area contributed by atoms with Crippen LogP contribution in [0.5, 0.6) is 34.5 Å². The average Bonchev–Trinajstić information content (AvgIpc) is 0.786. The van der Waals surface area contributed by atoms with Crippen molar-refractivity contribution in [2.24, 2.45) is 0 Å². The minimum atomic E-state index is 0.124. The molecule has 0 spiro atoms. The Morgan fingerprint density at radius 2 is 0.479 bits per heavy atom. The minimum Gasteiger partial charge on any atom is -0.508 e. The molecule has 0 saturated carbocycles. The highest BCUT2D eigenvalue weighted by Crippen LogP contribution is 2.41. The van der Waals surface area contributed by atoms with Gasteiger partial charge in [-0.2, -0.15) is 0 Å². The van der Waals surface area contributed by atoms with E-state index in [1.165, 1.54) is 169 Å². The second kappa shape index (κ2) is 35.2. The summed E-state index contributed by atoms with van der Waals surface area (Å²) in [5.41, 5.74) is 21.2. The standard InChI is InChI=1S/C24H22O.3C23H20O.C22H18O2/c1-16-12-18(13-17(2)24(16)25-3)14-23-21-10-6-4-8-19(21)15-20-9-5-7-11-22(20)23;1-15-12-23(24)16(2)11-19(15)14-22-20-9-5-3-7-17(20)13-18-8-4-6-10-21(18)22;1-15-11-17(12-16(2)23(15)24)13-22-20-9-5-3-7-18(20)14-19-8-4-6-10-21(19)22;1-15-11-16(2)23(24)19(12-15)14-22-20-9-5-3-7-17(20)13-18-8-4-6-10-21(18)22;1-14-21(23)11-10-17(22(14)24)13-20-18-8-4-2-6-15(18)12-16-7-3-5-9-19(16)20/h4-13,15H,14H2,1-3H3;3-13,24H,14H2,1-2H3;3-12,14,24H,13H2,1-2H3;3-13,24H,14H2,1-2H3;2-12,23-24H,13H2,1H3. The van der Waals surface area contributed by atoms with E-state index in [1.807, 2.05) is 64.1 Å². The SMILES string of the molecule is COc1c(C)cc(Cc2c3ccccc3cc3ccccc23)cc1C.Cc1c(O)ccc(Cc2c3ccccc3cc3ccccc23)c1O.Cc1cc(C)c(O)c(Cc2c3ccccc3cc3ccccc23)c1.Cc1cc(Cc2c3ccccc3cc3ccccc23)c(C)cc1O.Cc1cc(Cc2c3ccccc3cc3ccccc23)cc(C)c1O. The van der Waals surface area contributed by atoms with Crippen LogP contribution in [0.1, 0.15) is 106 Å². The fourth-order valence-electron chi connectivity index (χ4n) is 18.2. The van der Waals surface area contributed by atoms with Crippen LogP contribution in [0.15, 0.2) is 334 Å². The van der Waals surface area contributed by atoms with Crippen molar-refractivity contribution >= 4 is 108 Å². The van der Waals surface area contributed by atoms with Crippen molar-refractivity contribution in [3.8, 4) is 34.5 Å². The van der Waals surface area contributed by atoms with E-state index in [9.17, 15) is 25.5 Å². The summed E-state index contributed by atoms with van der Waals surface area (Å²) in [6.45, 7) is 18.0. The largest absolute Gasteiger partial charge is 0.508 e. The Hall–Kier alpha value is -14.2. The summed E-state index contributed by atoms with van der Waals surface area (Å²) in [5.74, 6) is 2.48. The van der Waals surface area contributed by atoms with Crippen LogP contribution in [0.2, 0.25) is 0 Å². The van der Waals surface area contributed by atoms with Gasteiger partial charge in [0.15, 0.2) is 0 Å². The zero-order chi connectivity index (χ0) is 84.1. The first kappa shape index (κ1) is 80.6. The summed E-state index contributed by atoms with van der Waals surface area (Å²) in [6, 6.07) is 117. The molecule has 5 N–H and O–H groups in total. The van der Waals surface area contributed by atoms with Gasteiger partial charge >= 0.3 is 0 Å². The first-order valence-electron chi connectivity index (χ1n) is 41.7. The first-order chi connectivity index (χ1) is 58.7. The van der Waals surface area contributed by atoms with Crippen LogP contribution < -0.4 is 4.74 Å². The third-order valence-electron chi connectivity index (χ3n) is 24.2. The molecule has 0 aliphatic rings. The summed E-state index contributed by atoms with van der Waals surface area (Å²) in [5, 5.41) is 76.1. The lowest BCUT2D eigenvalue weighted by molar-refractivity contribution is 0.408. The molecular weight excluding hydrogens is 1480 g/mol. The molecule has 0 aromatic heterocycles. The smallest absolute Gasteiger partial charge is 0.125 e. The molecule has 0 saturated heterocycles. The van der Waals surface area contributed by atoms with E-state index in [0.29, 0.717) is 29.2 Å². The Balaban J connectivity index is 0.000000112. The van der Waals surface area contributed by atoms with Crippen LogP contribution in [0.25, 0.3) is 108 Å². The van der Waals surface area contributed by atoms with Crippen LogP contribution in [0.3, 0.4) is 0 Å². The Labute approximate surface area is 708 Å². The van der Waals surface area contributed by atoms with E-state index in [2.05, 4.69) is 313 Å². The number of phenols is 5. The third kappa shape index (κ3) is 17.0. The predicted octanol–water partition coefficient (Wildman–Crippen LogP) is 29.2. The maximum atomic E-state index is 10.5. The molecule has 121 heavy (non-hydrogen) atoms. The number of hydrogen-bond donors (Lipinski definition) is 5. The van der Waals surface area contributed by atoms with Crippen LogP contribution in [0.4, 0.5) is 0 Å². The maximum absolute atomic E-state index is 10.5. The number of aromatic hydroxyl groups is 5. The van der Waals surface area contributed by atoms with Crippen LogP contribution in [-0.2, 0) is 32.1 Å². The van der Waals surface area contributed by atoms with Crippen molar-refractivity contribution in [2.45, 2.75) is 94.4 Å². The van der Waals surface area contributed by atoms with Gasteiger partial charge in [0.2, 0.25) is 0 Å². The van der Waals surface area contributed by atoms with Crippen molar-refractivity contribution in [1.82, 2.24) is 0 Å². The van der Waals surface area contributed by atoms with E-state index in [1.54, 1.807) is 26.2 Å². The lowest BCUT2D eigenvalue weighted by Crippen LogP contribution is -1.97. The number of methoxy groups -OCH3 is 1. The van der Waals surface area contributed by atoms with Gasteiger partial charge in [0.1, 0.15) is 34.5 Å². The second-order valence-corrected chi connectivity index (χ2v) is 32.6. The van der Waals surface area contributed by atoms with Gasteiger partial charge in [-0.15, -0.1) is 0 Å². The minimum absolute atomic E-state index is 0.124. The maximum Gasteiger partial charge on any atom is 0.125 e. The van der Waals surface area contributed by atoms with Crippen molar-refractivity contribution < 1.29 is 30.3 Å².